The zero-order valence-corrected chi connectivity index (χ0v) is 12.1. The van der Waals surface area contributed by atoms with Crippen LogP contribution in [0.1, 0.15) is 12.8 Å². The molecule has 1 atom stereocenters. The summed E-state index contributed by atoms with van der Waals surface area (Å²) < 4.78 is 26.8. The minimum Gasteiger partial charge on any atom is -0.315 e. The number of halogens is 1. The van der Waals surface area contributed by atoms with Crippen LogP contribution in [0.25, 0.3) is 0 Å². The quantitative estimate of drug-likeness (QED) is 0.650. The van der Waals surface area contributed by atoms with Gasteiger partial charge >= 0.3 is 0 Å². The molecule has 2 rings (SSSR count). The topological polar surface area (TPSA) is 101 Å². The van der Waals surface area contributed by atoms with Gasteiger partial charge in [0.1, 0.15) is 0 Å². The minimum absolute atomic E-state index is 0.0337. The number of nitro benzene ring substituents is 1. The van der Waals surface area contributed by atoms with E-state index in [4.69, 9.17) is 11.6 Å². The first-order valence-corrected chi connectivity index (χ1v) is 7.99. The summed E-state index contributed by atoms with van der Waals surface area (Å²) in [4.78, 5) is 10.1. The molecule has 1 heterocycles. The molecule has 1 unspecified atom stereocenters. The molecule has 1 aromatic rings. The van der Waals surface area contributed by atoms with Crippen molar-refractivity contribution < 1.29 is 13.3 Å². The highest BCUT2D eigenvalue weighted by atomic mass is 35.5. The lowest BCUT2D eigenvalue weighted by Gasteiger charge is -2.23. The molecule has 0 spiro atoms. The third kappa shape index (κ3) is 3.38. The van der Waals surface area contributed by atoms with Crippen molar-refractivity contribution in [3.63, 3.8) is 0 Å². The number of rotatable bonds is 4. The van der Waals surface area contributed by atoms with Crippen molar-refractivity contribution in [2.45, 2.75) is 18.1 Å². The van der Waals surface area contributed by atoms with Crippen LogP contribution in [0.3, 0.4) is 0 Å². The first-order valence-electron chi connectivity index (χ1n) is 6.06. The molecular formula is C11H14ClN3O4S. The maximum absolute atomic E-state index is 12.2. The highest BCUT2D eigenvalue weighted by Gasteiger charge is 2.28. The normalized spacial score (nSPS) is 19.6. The van der Waals surface area contributed by atoms with Crippen LogP contribution in [0.2, 0.25) is 5.02 Å². The van der Waals surface area contributed by atoms with Gasteiger partial charge in [0, 0.05) is 18.7 Å². The largest absolute Gasteiger partial charge is 0.315 e. The first-order chi connectivity index (χ1) is 9.40. The van der Waals surface area contributed by atoms with Gasteiger partial charge in [-0.3, -0.25) is 14.8 Å². The molecule has 0 aromatic heterocycles. The van der Waals surface area contributed by atoms with E-state index in [0.29, 0.717) is 13.0 Å². The smallest absolute Gasteiger partial charge is 0.271 e. The molecule has 1 aromatic carbocycles. The molecule has 1 saturated heterocycles. The van der Waals surface area contributed by atoms with Crippen molar-refractivity contribution in [1.29, 1.82) is 0 Å². The number of non-ortho nitro benzene ring substituents is 1. The van der Waals surface area contributed by atoms with Crippen LogP contribution in [0.4, 0.5) is 11.4 Å². The van der Waals surface area contributed by atoms with E-state index in [9.17, 15) is 18.5 Å². The molecule has 7 nitrogen and oxygen atoms in total. The molecule has 9 heteroatoms. The monoisotopic (exact) mass is 319 g/mol. The third-order valence-corrected chi connectivity index (χ3v) is 5.22. The number of benzene rings is 1. The molecule has 0 aliphatic carbocycles. The summed E-state index contributed by atoms with van der Waals surface area (Å²) >= 11 is 5.88. The standard InChI is InChI=1S/C11H14ClN3O4S/c12-10-4-3-8(15(16)17)6-11(10)14-20(18,19)9-2-1-5-13-7-9/h3-4,6,9,13-14H,1-2,5,7H2. The summed E-state index contributed by atoms with van der Waals surface area (Å²) in [6, 6.07) is 3.65. The third-order valence-electron chi connectivity index (χ3n) is 3.10. The van der Waals surface area contributed by atoms with Gasteiger partial charge in [-0.05, 0) is 25.5 Å². The van der Waals surface area contributed by atoms with Gasteiger partial charge in [0.15, 0.2) is 0 Å². The van der Waals surface area contributed by atoms with E-state index in [1.807, 2.05) is 0 Å². The summed E-state index contributed by atoms with van der Waals surface area (Å²) in [5, 5.41) is 13.3. The number of nitro groups is 1. The molecule has 1 aliphatic rings. The highest BCUT2D eigenvalue weighted by molar-refractivity contribution is 7.93. The summed E-state index contributed by atoms with van der Waals surface area (Å²) in [6.45, 7) is 1.16. The Morgan fingerprint density at radius 2 is 2.20 bits per heavy atom. The number of anilines is 1. The zero-order chi connectivity index (χ0) is 14.8. The molecule has 0 saturated carbocycles. The number of hydrogen-bond acceptors (Lipinski definition) is 5. The fourth-order valence-corrected chi connectivity index (χ4v) is 3.70. The molecular weight excluding hydrogens is 306 g/mol. The fourth-order valence-electron chi connectivity index (χ4n) is 2.03. The van der Waals surface area contributed by atoms with E-state index < -0.39 is 20.2 Å². The second-order valence-corrected chi connectivity index (χ2v) is 6.90. The molecule has 20 heavy (non-hydrogen) atoms. The van der Waals surface area contributed by atoms with Gasteiger partial charge in [-0.15, -0.1) is 0 Å². The van der Waals surface area contributed by atoms with Crippen molar-refractivity contribution >= 4 is 33.0 Å². The Morgan fingerprint density at radius 3 is 2.80 bits per heavy atom. The Hall–Kier alpha value is -1.38. The van der Waals surface area contributed by atoms with Gasteiger partial charge in [0.25, 0.3) is 5.69 Å². The average Bonchev–Trinajstić information content (AvgIpc) is 2.42. The summed E-state index contributed by atoms with van der Waals surface area (Å²) in [5.41, 5.74) is -0.180. The van der Waals surface area contributed by atoms with E-state index in [1.165, 1.54) is 12.1 Å². The predicted octanol–water partition coefficient (Wildman–Crippen LogP) is 1.74. The van der Waals surface area contributed by atoms with Crippen molar-refractivity contribution in [1.82, 2.24) is 5.32 Å². The lowest BCUT2D eigenvalue weighted by atomic mass is 10.2. The second kappa shape index (κ2) is 5.94. The van der Waals surface area contributed by atoms with Crippen LogP contribution in [-0.2, 0) is 10.0 Å². The van der Waals surface area contributed by atoms with Crippen molar-refractivity contribution in [3.05, 3.63) is 33.3 Å². The van der Waals surface area contributed by atoms with Crippen LogP contribution in [0, 0.1) is 10.1 Å². The number of hydrogen-bond donors (Lipinski definition) is 2. The summed E-state index contributed by atoms with van der Waals surface area (Å²) in [6.07, 6.45) is 1.32. The van der Waals surface area contributed by atoms with Crippen LogP contribution < -0.4 is 10.0 Å². The molecule has 110 valence electrons. The van der Waals surface area contributed by atoms with Gasteiger partial charge in [-0.2, -0.15) is 0 Å². The lowest BCUT2D eigenvalue weighted by molar-refractivity contribution is -0.384. The maximum Gasteiger partial charge on any atom is 0.271 e. The van der Waals surface area contributed by atoms with E-state index in [0.717, 1.165) is 19.0 Å². The second-order valence-electron chi connectivity index (χ2n) is 4.54. The van der Waals surface area contributed by atoms with E-state index in [-0.39, 0.29) is 16.4 Å². The maximum atomic E-state index is 12.2. The number of nitrogens with one attached hydrogen (secondary N) is 2. The number of nitrogens with zero attached hydrogens (tertiary/aromatic N) is 1. The summed E-state index contributed by atoms with van der Waals surface area (Å²) in [7, 11) is -3.62. The molecule has 0 bridgehead atoms. The minimum atomic E-state index is -3.62. The van der Waals surface area contributed by atoms with Crippen LogP contribution in [0.15, 0.2) is 18.2 Å². The van der Waals surface area contributed by atoms with Gasteiger partial charge in [-0.1, -0.05) is 11.6 Å². The van der Waals surface area contributed by atoms with Crippen molar-refractivity contribution in [2.24, 2.45) is 0 Å². The van der Waals surface area contributed by atoms with Gasteiger partial charge in [0.2, 0.25) is 10.0 Å². The molecule has 0 radical (unpaired) electrons. The molecule has 1 aliphatic heterocycles. The lowest BCUT2D eigenvalue weighted by Crippen LogP contribution is -2.41. The van der Waals surface area contributed by atoms with Gasteiger partial charge < -0.3 is 5.32 Å². The zero-order valence-electron chi connectivity index (χ0n) is 10.5. The predicted molar refractivity (Wildman–Crippen MR) is 76.5 cm³/mol. The first kappa shape index (κ1) is 15.0. The average molecular weight is 320 g/mol. The van der Waals surface area contributed by atoms with Gasteiger partial charge in [0.05, 0.1) is 20.9 Å². The Balaban J connectivity index is 2.24. The van der Waals surface area contributed by atoms with Gasteiger partial charge in [-0.25, -0.2) is 8.42 Å². The van der Waals surface area contributed by atoms with Crippen molar-refractivity contribution in [3.8, 4) is 0 Å². The molecule has 2 N–H and O–H groups in total. The number of piperidine rings is 1. The Bertz CT molecular complexity index is 614. The van der Waals surface area contributed by atoms with E-state index >= 15 is 0 Å². The van der Waals surface area contributed by atoms with Crippen LogP contribution >= 0.6 is 11.6 Å². The van der Waals surface area contributed by atoms with Crippen LogP contribution in [-0.4, -0.2) is 31.7 Å². The Kier molecular flexibility index (Phi) is 4.46. The fraction of sp³-hybridized carbons (Fsp3) is 0.455. The van der Waals surface area contributed by atoms with Crippen molar-refractivity contribution in [2.75, 3.05) is 17.8 Å². The van der Waals surface area contributed by atoms with Crippen LogP contribution in [0.5, 0.6) is 0 Å². The highest BCUT2D eigenvalue weighted by Crippen LogP contribution is 2.28. The number of sulfonamides is 1. The Morgan fingerprint density at radius 1 is 1.45 bits per heavy atom. The van der Waals surface area contributed by atoms with E-state index in [1.54, 1.807) is 0 Å². The van der Waals surface area contributed by atoms with E-state index in [2.05, 4.69) is 10.0 Å². The molecule has 0 amide bonds. The summed E-state index contributed by atoms with van der Waals surface area (Å²) in [5.74, 6) is 0. The Labute approximate surface area is 121 Å². The SMILES string of the molecule is O=[N+]([O-])c1ccc(Cl)c(NS(=O)(=O)C2CCCNC2)c1. The molecule has 1 fully saturated rings.